The normalized spacial score (nSPS) is 14.4. The maximum Gasteiger partial charge on any atom is 0.294 e. The molecule has 1 aromatic heterocycles. The molecule has 1 N–H and O–H groups in total. The smallest absolute Gasteiger partial charge is 0.294 e. The second-order valence-corrected chi connectivity index (χ2v) is 9.03. The molecule has 0 bridgehead atoms. The van der Waals surface area contributed by atoms with E-state index in [0.29, 0.717) is 28.8 Å². The second kappa shape index (κ2) is 10.1. The Morgan fingerprint density at radius 3 is 2.53 bits per heavy atom. The Kier molecular flexibility index (Phi) is 6.93. The highest BCUT2D eigenvalue weighted by Gasteiger charge is 2.36. The van der Waals surface area contributed by atoms with Crippen LogP contribution in [0.3, 0.4) is 0 Å². The quantitative estimate of drug-likeness (QED) is 0.264. The van der Waals surface area contributed by atoms with E-state index in [1.54, 1.807) is 24.3 Å². The molecule has 2 aromatic carbocycles. The highest BCUT2D eigenvalue weighted by Crippen LogP contribution is 2.36. The van der Waals surface area contributed by atoms with Crippen molar-refractivity contribution in [3.05, 3.63) is 80.4 Å². The van der Waals surface area contributed by atoms with Crippen LogP contribution in [0.4, 0.5) is 16.2 Å². The number of ether oxygens (including phenoxy) is 1. The molecule has 0 spiro atoms. The van der Waals surface area contributed by atoms with Gasteiger partial charge in [-0.05, 0) is 67.1 Å². The first-order valence-electron chi connectivity index (χ1n) is 10.7. The standard InChI is InChI=1S/C25H21N3O7S/c1-14-8-15(2)10-16(9-14)26-23(29)13-27-24(30)22(36-25(27)31)12-18-5-7-20(35-18)19-6-4-17(28(32)33)11-21(19)34-3/h4-12H,13H2,1-3H3,(H,26,29)/b22-12+. The molecule has 1 saturated heterocycles. The Morgan fingerprint density at radius 2 is 1.86 bits per heavy atom. The van der Waals surface area contributed by atoms with Crippen molar-refractivity contribution in [1.82, 2.24) is 4.90 Å². The first kappa shape index (κ1) is 24.7. The molecular formula is C25H21N3O7S. The van der Waals surface area contributed by atoms with Crippen LogP contribution in [-0.4, -0.2) is 40.5 Å². The first-order valence-corrected chi connectivity index (χ1v) is 11.5. The zero-order chi connectivity index (χ0) is 26.0. The first-order chi connectivity index (χ1) is 17.1. The van der Waals surface area contributed by atoms with E-state index in [9.17, 15) is 24.5 Å². The van der Waals surface area contributed by atoms with Gasteiger partial charge in [-0.25, -0.2) is 0 Å². The number of non-ortho nitro benzene ring substituents is 1. The number of anilines is 1. The van der Waals surface area contributed by atoms with Gasteiger partial charge < -0.3 is 14.5 Å². The molecule has 1 fully saturated rings. The molecule has 0 aliphatic carbocycles. The van der Waals surface area contributed by atoms with E-state index in [2.05, 4.69) is 5.32 Å². The minimum atomic E-state index is -0.605. The van der Waals surface area contributed by atoms with E-state index in [1.165, 1.54) is 31.4 Å². The molecule has 1 aliphatic rings. The van der Waals surface area contributed by atoms with E-state index in [-0.39, 0.29) is 22.1 Å². The second-order valence-electron chi connectivity index (χ2n) is 8.04. The number of methoxy groups -OCH3 is 1. The monoisotopic (exact) mass is 507 g/mol. The van der Waals surface area contributed by atoms with Crippen molar-refractivity contribution in [3.63, 3.8) is 0 Å². The molecule has 0 radical (unpaired) electrons. The number of nitrogens with one attached hydrogen (secondary N) is 1. The summed E-state index contributed by atoms with van der Waals surface area (Å²) in [7, 11) is 1.39. The Morgan fingerprint density at radius 1 is 1.14 bits per heavy atom. The van der Waals surface area contributed by atoms with Gasteiger partial charge in [-0.15, -0.1) is 0 Å². The van der Waals surface area contributed by atoms with Crippen molar-refractivity contribution in [1.29, 1.82) is 0 Å². The van der Waals surface area contributed by atoms with Gasteiger partial charge in [0.05, 0.1) is 28.6 Å². The van der Waals surface area contributed by atoms with Gasteiger partial charge in [0, 0.05) is 17.8 Å². The van der Waals surface area contributed by atoms with E-state index in [1.807, 2.05) is 19.9 Å². The number of nitro benzene ring substituents is 1. The van der Waals surface area contributed by atoms with E-state index in [0.717, 1.165) is 16.0 Å². The van der Waals surface area contributed by atoms with Crippen molar-refractivity contribution in [3.8, 4) is 17.1 Å². The molecule has 3 amide bonds. The summed E-state index contributed by atoms with van der Waals surface area (Å²) in [4.78, 5) is 49.2. The fraction of sp³-hybridized carbons (Fsp3) is 0.160. The fourth-order valence-electron chi connectivity index (χ4n) is 3.73. The van der Waals surface area contributed by atoms with Gasteiger partial charge >= 0.3 is 0 Å². The average molecular weight is 508 g/mol. The molecule has 4 rings (SSSR count). The number of benzene rings is 2. The number of nitro groups is 1. The van der Waals surface area contributed by atoms with Crippen LogP contribution in [0.25, 0.3) is 17.4 Å². The number of nitrogens with zero attached hydrogens (tertiary/aromatic N) is 2. The molecule has 1 aliphatic heterocycles. The molecule has 10 nitrogen and oxygen atoms in total. The molecule has 0 unspecified atom stereocenters. The van der Waals surface area contributed by atoms with Gasteiger partial charge in [0.1, 0.15) is 23.8 Å². The molecule has 3 aromatic rings. The number of rotatable bonds is 7. The number of furan rings is 1. The van der Waals surface area contributed by atoms with Gasteiger partial charge in [-0.2, -0.15) is 0 Å². The predicted octanol–water partition coefficient (Wildman–Crippen LogP) is 5.16. The number of hydrogen-bond acceptors (Lipinski definition) is 8. The van der Waals surface area contributed by atoms with Crippen molar-refractivity contribution in [2.24, 2.45) is 0 Å². The maximum atomic E-state index is 12.8. The van der Waals surface area contributed by atoms with Crippen LogP contribution in [0.15, 0.2) is 57.9 Å². The largest absolute Gasteiger partial charge is 0.496 e. The molecule has 0 atom stereocenters. The van der Waals surface area contributed by atoms with Crippen LogP contribution >= 0.6 is 11.8 Å². The predicted molar refractivity (Wildman–Crippen MR) is 135 cm³/mol. The molecule has 2 heterocycles. The van der Waals surface area contributed by atoms with Crippen LogP contribution in [0, 0.1) is 24.0 Å². The van der Waals surface area contributed by atoms with Gasteiger partial charge in [-0.3, -0.25) is 29.4 Å². The van der Waals surface area contributed by atoms with Gasteiger partial charge in [0.25, 0.3) is 16.8 Å². The number of carbonyl (C=O) groups excluding carboxylic acids is 3. The Hall–Kier alpha value is -4.38. The summed E-state index contributed by atoms with van der Waals surface area (Å²) in [5.41, 5.74) is 2.90. The highest BCUT2D eigenvalue weighted by atomic mass is 32.2. The number of aryl methyl sites for hydroxylation is 2. The summed E-state index contributed by atoms with van der Waals surface area (Å²) in [6.45, 7) is 3.39. The Bertz CT molecular complexity index is 1410. The van der Waals surface area contributed by atoms with Crippen LogP contribution < -0.4 is 10.1 Å². The van der Waals surface area contributed by atoms with Crippen LogP contribution in [-0.2, 0) is 9.59 Å². The molecule has 36 heavy (non-hydrogen) atoms. The van der Waals surface area contributed by atoms with E-state index in [4.69, 9.17) is 9.15 Å². The third kappa shape index (κ3) is 5.31. The minimum Gasteiger partial charge on any atom is -0.496 e. The average Bonchev–Trinajstić information content (AvgIpc) is 3.38. The van der Waals surface area contributed by atoms with Crippen molar-refractivity contribution < 1.29 is 28.5 Å². The van der Waals surface area contributed by atoms with Crippen LogP contribution in [0.2, 0.25) is 0 Å². The Labute approximate surface area is 210 Å². The SMILES string of the molecule is COc1cc([N+](=O)[O-])ccc1-c1ccc(/C=C2/SC(=O)N(CC(=O)Nc3cc(C)cc(C)c3)C2=O)o1. The van der Waals surface area contributed by atoms with Crippen molar-refractivity contribution in [2.45, 2.75) is 13.8 Å². The van der Waals surface area contributed by atoms with Gasteiger partial charge in [0.15, 0.2) is 0 Å². The zero-order valence-electron chi connectivity index (χ0n) is 19.6. The summed E-state index contributed by atoms with van der Waals surface area (Å²) in [6.07, 6.45) is 1.41. The number of amides is 3. The van der Waals surface area contributed by atoms with Crippen LogP contribution in [0.1, 0.15) is 16.9 Å². The number of imide groups is 1. The summed E-state index contributed by atoms with van der Waals surface area (Å²) in [6, 6.07) is 12.9. The summed E-state index contributed by atoms with van der Waals surface area (Å²) < 4.78 is 11.0. The molecular weight excluding hydrogens is 486 g/mol. The topological polar surface area (TPSA) is 132 Å². The summed E-state index contributed by atoms with van der Waals surface area (Å²) >= 11 is 0.707. The Balaban J connectivity index is 1.48. The minimum absolute atomic E-state index is 0.107. The lowest BCUT2D eigenvalue weighted by molar-refractivity contribution is -0.384. The maximum absolute atomic E-state index is 12.8. The van der Waals surface area contributed by atoms with Gasteiger partial charge in [0.2, 0.25) is 5.91 Å². The lowest BCUT2D eigenvalue weighted by Crippen LogP contribution is -2.36. The molecule has 184 valence electrons. The zero-order valence-corrected chi connectivity index (χ0v) is 20.4. The van der Waals surface area contributed by atoms with Crippen molar-refractivity contribution >= 4 is 46.3 Å². The molecule has 11 heteroatoms. The van der Waals surface area contributed by atoms with E-state index < -0.39 is 28.5 Å². The fourth-order valence-corrected chi connectivity index (χ4v) is 4.55. The lowest BCUT2D eigenvalue weighted by Gasteiger charge is -2.13. The number of carbonyl (C=O) groups is 3. The summed E-state index contributed by atoms with van der Waals surface area (Å²) in [5, 5.41) is 13.2. The lowest BCUT2D eigenvalue weighted by atomic mass is 10.1. The third-order valence-corrected chi connectivity index (χ3v) is 6.15. The highest BCUT2D eigenvalue weighted by molar-refractivity contribution is 8.18. The third-order valence-electron chi connectivity index (χ3n) is 5.24. The number of thioether (sulfide) groups is 1. The van der Waals surface area contributed by atoms with Crippen molar-refractivity contribution in [2.75, 3.05) is 19.0 Å². The molecule has 0 saturated carbocycles. The number of hydrogen-bond donors (Lipinski definition) is 1. The van der Waals surface area contributed by atoms with E-state index >= 15 is 0 Å². The van der Waals surface area contributed by atoms with Gasteiger partial charge in [-0.1, -0.05) is 6.07 Å². The van der Waals surface area contributed by atoms with Crippen LogP contribution in [0.5, 0.6) is 5.75 Å². The summed E-state index contributed by atoms with van der Waals surface area (Å²) in [5.74, 6) is -0.198.